The SMILES string of the molecule is CCC(=O)c1ccccc1OCc1ncccc1C. The van der Waals surface area contributed by atoms with Gasteiger partial charge in [0.05, 0.1) is 11.3 Å². The average molecular weight is 255 g/mol. The molecule has 0 saturated heterocycles. The summed E-state index contributed by atoms with van der Waals surface area (Å²) < 4.78 is 5.74. The van der Waals surface area contributed by atoms with Crippen molar-refractivity contribution in [1.29, 1.82) is 0 Å². The Hall–Kier alpha value is -2.16. The van der Waals surface area contributed by atoms with Crippen LogP contribution in [0, 0.1) is 6.92 Å². The predicted octanol–water partition coefficient (Wildman–Crippen LogP) is 3.56. The number of carbonyl (C=O) groups is 1. The van der Waals surface area contributed by atoms with Crippen LogP contribution in [0.1, 0.15) is 35.0 Å². The van der Waals surface area contributed by atoms with Crippen LogP contribution in [0.15, 0.2) is 42.6 Å². The summed E-state index contributed by atoms with van der Waals surface area (Å²) in [6.07, 6.45) is 2.22. The highest BCUT2D eigenvalue weighted by molar-refractivity contribution is 5.98. The van der Waals surface area contributed by atoms with Gasteiger partial charge >= 0.3 is 0 Å². The molecule has 0 unspecified atom stereocenters. The van der Waals surface area contributed by atoms with Crippen LogP contribution in [0.5, 0.6) is 5.75 Å². The van der Waals surface area contributed by atoms with Crippen LogP contribution in [0.25, 0.3) is 0 Å². The van der Waals surface area contributed by atoms with E-state index >= 15 is 0 Å². The molecule has 0 atom stereocenters. The number of rotatable bonds is 5. The number of aromatic nitrogens is 1. The number of hydrogen-bond donors (Lipinski definition) is 0. The first-order valence-electron chi connectivity index (χ1n) is 6.38. The Labute approximate surface area is 113 Å². The van der Waals surface area contributed by atoms with Gasteiger partial charge < -0.3 is 4.74 Å². The molecule has 3 heteroatoms. The van der Waals surface area contributed by atoms with E-state index in [4.69, 9.17) is 4.74 Å². The van der Waals surface area contributed by atoms with Crippen molar-refractivity contribution in [3.63, 3.8) is 0 Å². The van der Waals surface area contributed by atoms with Gasteiger partial charge in [-0.3, -0.25) is 9.78 Å². The number of para-hydroxylation sites is 1. The summed E-state index contributed by atoms with van der Waals surface area (Å²) >= 11 is 0. The number of hydrogen-bond acceptors (Lipinski definition) is 3. The van der Waals surface area contributed by atoms with Gasteiger partial charge in [0.25, 0.3) is 0 Å². The Balaban J connectivity index is 2.16. The molecule has 1 aromatic heterocycles. The van der Waals surface area contributed by atoms with E-state index in [1.165, 1.54) is 0 Å². The Kier molecular flexibility index (Phi) is 4.29. The van der Waals surface area contributed by atoms with Crippen LogP contribution in [0.3, 0.4) is 0 Å². The fraction of sp³-hybridized carbons (Fsp3) is 0.250. The van der Waals surface area contributed by atoms with Gasteiger partial charge in [-0.1, -0.05) is 25.1 Å². The summed E-state index contributed by atoms with van der Waals surface area (Å²) in [7, 11) is 0. The van der Waals surface area contributed by atoms with Crippen molar-refractivity contribution < 1.29 is 9.53 Å². The lowest BCUT2D eigenvalue weighted by Crippen LogP contribution is -2.05. The fourth-order valence-electron chi connectivity index (χ4n) is 1.83. The van der Waals surface area contributed by atoms with E-state index in [0.29, 0.717) is 24.3 Å². The first kappa shape index (κ1) is 13.3. The number of carbonyl (C=O) groups excluding carboxylic acids is 1. The van der Waals surface area contributed by atoms with E-state index in [1.807, 2.05) is 44.2 Å². The van der Waals surface area contributed by atoms with E-state index in [-0.39, 0.29) is 5.78 Å². The van der Waals surface area contributed by atoms with Crippen molar-refractivity contribution in [2.24, 2.45) is 0 Å². The second kappa shape index (κ2) is 6.14. The number of ketones is 1. The third-order valence-electron chi connectivity index (χ3n) is 2.99. The third-order valence-corrected chi connectivity index (χ3v) is 2.99. The summed E-state index contributed by atoms with van der Waals surface area (Å²) in [6, 6.07) is 11.2. The number of Topliss-reactive ketones (excluding diaryl/α,β-unsaturated/α-hetero) is 1. The quantitative estimate of drug-likeness (QED) is 0.767. The second-order valence-electron chi connectivity index (χ2n) is 4.33. The molecule has 19 heavy (non-hydrogen) atoms. The van der Waals surface area contributed by atoms with Crippen LogP contribution in [-0.4, -0.2) is 10.8 Å². The molecular weight excluding hydrogens is 238 g/mol. The molecule has 0 bridgehead atoms. The molecule has 0 aliphatic carbocycles. The minimum atomic E-state index is 0.0911. The zero-order chi connectivity index (χ0) is 13.7. The van der Waals surface area contributed by atoms with E-state index in [2.05, 4.69) is 4.98 Å². The van der Waals surface area contributed by atoms with Gasteiger partial charge in [0.2, 0.25) is 0 Å². The summed E-state index contributed by atoms with van der Waals surface area (Å²) in [5, 5.41) is 0. The monoisotopic (exact) mass is 255 g/mol. The number of ether oxygens (including phenoxy) is 1. The van der Waals surface area contributed by atoms with Gasteiger partial charge in [-0.25, -0.2) is 0 Å². The van der Waals surface area contributed by atoms with Gasteiger partial charge in [-0.05, 0) is 30.7 Å². The van der Waals surface area contributed by atoms with Crippen LogP contribution in [-0.2, 0) is 6.61 Å². The third kappa shape index (κ3) is 3.19. The first-order chi connectivity index (χ1) is 9.22. The summed E-state index contributed by atoms with van der Waals surface area (Å²) in [5.74, 6) is 0.716. The fourth-order valence-corrected chi connectivity index (χ4v) is 1.83. The first-order valence-corrected chi connectivity index (χ1v) is 6.38. The molecule has 0 fully saturated rings. The highest BCUT2D eigenvalue weighted by Crippen LogP contribution is 2.21. The van der Waals surface area contributed by atoms with Gasteiger partial charge in [0, 0.05) is 12.6 Å². The minimum absolute atomic E-state index is 0.0911. The lowest BCUT2D eigenvalue weighted by Gasteiger charge is -2.11. The molecule has 2 aromatic rings. The maximum absolute atomic E-state index is 11.8. The Bertz CT molecular complexity index is 578. The van der Waals surface area contributed by atoms with Crippen LogP contribution >= 0.6 is 0 Å². The van der Waals surface area contributed by atoms with Gasteiger partial charge in [-0.15, -0.1) is 0 Å². The van der Waals surface area contributed by atoms with Gasteiger partial charge in [0.15, 0.2) is 5.78 Å². The van der Waals surface area contributed by atoms with Crippen molar-refractivity contribution in [1.82, 2.24) is 4.98 Å². The average Bonchev–Trinajstić information content (AvgIpc) is 2.46. The van der Waals surface area contributed by atoms with E-state index in [9.17, 15) is 4.79 Å². The maximum Gasteiger partial charge on any atom is 0.166 e. The molecule has 0 aliphatic rings. The van der Waals surface area contributed by atoms with Gasteiger partial charge in [0.1, 0.15) is 12.4 Å². The van der Waals surface area contributed by atoms with Crippen molar-refractivity contribution in [2.75, 3.05) is 0 Å². The number of benzene rings is 1. The lowest BCUT2D eigenvalue weighted by atomic mass is 10.1. The molecule has 3 nitrogen and oxygen atoms in total. The molecule has 0 N–H and O–H groups in total. The zero-order valence-electron chi connectivity index (χ0n) is 11.2. The van der Waals surface area contributed by atoms with E-state index in [1.54, 1.807) is 12.3 Å². The smallest absolute Gasteiger partial charge is 0.166 e. The van der Waals surface area contributed by atoms with Gasteiger partial charge in [-0.2, -0.15) is 0 Å². The largest absolute Gasteiger partial charge is 0.487 e. The highest BCUT2D eigenvalue weighted by Gasteiger charge is 2.10. The van der Waals surface area contributed by atoms with Crippen molar-refractivity contribution >= 4 is 5.78 Å². The predicted molar refractivity (Wildman–Crippen MR) is 74.4 cm³/mol. The molecule has 0 amide bonds. The van der Waals surface area contributed by atoms with Crippen molar-refractivity contribution in [3.8, 4) is 5.75 Å². The van der Waals surface area contributed by atoms with E-state index in [0.717, 1.165) is 11.3 Å². The highest BCUT2D eigenvalue weighted by atomic mass is 16.5. The molecule has 2 rings (SSSR count). The van der Waals surface area contributed by atoms with E-state index < -0.39 is 0 Å². The number of nitrogens with zero attached hydrogens (tertiary/aromatic N) is 1. The molecule has 0 aliphatic heterocycles. The van der Waals surface area contributed by atoms with Crippen LogP contribution < -0.4 is 4.74 Å². The zero-order valence-corrected chi connectivity index (χ0v) is 11.2. The van der Waals surface area contributed by atoms with Crippen molar-refractivity contribution in [3.05, 3.63) is 59.4 Å². The summed E-state index contributed by atoms with van der Waals surface area (Å²) in [5.41, 5.74) is 2.61. The summed E-state index contributed by atoms with van der Waals surface area (Å²) in [4.78, 5) is 16.1. The topological polar surface area (TPSA) is 39.2 Å². The molecule has 98 valence electrons. The number of pyridine rings is 1. The molecule has 0 saturated carbocycles. The molecular formula is C16H17NO2. The molecule has 1 aromatic carbocycles. The standard InChI is InChI=1S/C16H17NO2/c1-3-15(18)13-8-4-5-9-16(13)19-11-14-12(2)7-6-10-17-14/h4-10H,3,11H2,1-2H3. The van der Waals surface area contributed by atoms with Crippen LogP contribution in [0.4, 0.5) is 0 Å². The minimum Gasteiger partial charge on any atom is -0.487 e. The molecule has 0 spiro atoms. The van der Waals surface area contributed by atoms with Crippen molar-refractivity contribution in [2.45, 2.75) is 26.9 Å². The second-order valence-corrected chi connectivity index (χ2v) is 4.33. The van der Waals surface area contributed by atoms with Crippen LogP contribution in [0.2, 0.25) is 0 Å². The lowest BCUT2D eigenvalue weighted by molar-refractivity contribution is 0.0983. The maximum atomic E-state index is 11.8. The Morgan fingerprint density at radius 3 is 2.74 bits per heavy atom. The molecule has 0 radical (unpaired) electrons. The molecule has 1 heterocycles. The summed E-state index contributed by atoms with van der Waals surface area (Å²) in [6.45, 7) is 4.22. The number of aryl methyl sites for hydroxylation is 1. The Morgan fingerprint density at radius 1 is 1.21 bits per heavy atom. The normalized spacial score (nSPS) is 10.2. The Morgan fingerprint density at radius 2 is 2.00 bits per heavy atom.